The summed E-state index contributed by atoms with van der Waals surface area (Å²) in [5, 5.41) is 11.2. The molecule has 0 amide bonds. The zero-order valence-electron chi connectivity index (χ0n) is 9.60. The number of aromatic amines is 1. The lowest BCUT2D eigenvalue weighted by atomic mass is 10.00. The Morgan fingerprint density at radius 3 is 2.72 bits per heavy atom. The van der Waals surface area contributed by atoms with Crippen LogP contribution in [0.1, 0.15) is 17.2 Å². The Balaban J connectivity index is 2.06. The number of hydrogen-bond acceptors (Lipinski definition) is 1. The number of hydrogen-bond donors (Lipinski definition) is 2. The molecule has 2 aromatic carbocycles. The first kappa shape index (κ1) is 11.0. The molecule has 2 nitrogen and oxygen atoms in total. The first-order valence-electron chi connectivity index (χ1n) is 5.75. The second-order valence-corrected chi connectivity index (χ2v) is 4.25. The van der Waals surface area contributed by atoms with E-state index in [1.807, 2.05) is 24.4 Å². The van der Waals surface area contributed by atoms with Crippen LogP contribution >= 0.6 is 0 Å². The van der Waals surface area contributed by atoms with Gasteiger partial charge in [-0.3, -0.25) is 0 Å². The highest BCUT2D eigenvalue weighted by Crippen LogP contribution is 2.26. The normalized spacial score (nSPS) is 12.8. The lowest BCUT2D eigenvalue weighted by molar-refractivity contribution is 0.215. The Kier molecular flexibility index (Phi) is 2.61. The number of benzene rings is 2. The summed E-state index contributed by atoms with van der Waals surface area (Å²) >= 11 is 0. The molecule has 3 rings (SSSR count). The van der Waals surface area contributed by atoms with Crippen molar-refractivity contribution in [3.8, 4) is 0 Å². The van der Waals surface area contributed by atoms with Crippen molar-refractivity contribution in [1.29, 1.82) is 0 Å². The van der Waals surface area contributed by atoms with Crippen molar-refractivity contribution in [2.24, 2.45) is 0 Å². The van der Waals surface area contributed by atoms with Gasteiger partial charge in [-0.1, -0.05) is 24.3 Å². The molecule has 0 aliphatic rings. The number of rotatable bonds is 2. The summed E-state index contributed by atoms with van der Waals surface area (Å²) in [6, 6.07) is 13.8. The fraction of sp³-hybridized carbons (Fsp3) is 0.0667. The summed E-state index contributed by atoms with van der Waals surface area (Å²) in [7, 11) is 0. The minimum atomic E-state index is -0.939. The van der Waals surface area contributed by atoms with E-state index in [1.165, 1.54) is 6.07 Å². The van der Waals surface area contributed by atoms with E-state index in [2.05, 4.69) is 4.98 Å². The zero-order valence-corrected chi connectivity index (χ0v) is 9.60. The van der Waals surface area contributed by atoms with Gasteiger partial charge in [0.25, 0.3) is 0 Å². The number of fused-ring (bicyclic) bond motifs is 1. The average Bonchev–Trinajstić information content (AvgIpc) is 2.85. The van der Waals surface area contributed by atoms with E-state index < -0.39 is 6.10 Å². The van der Waals surface area contributed by atoms with Crippen molar-refractivity contribution in [2.45, 2.75) is 6.10 Å². The maximum Gasteiger partial charge on any atom is 0.129 e. The Bertz CT molecular complexity index is 690. The Morgan fingerprint density at radius 1 is 1.06 bits per heavy atom. The first-order valence-corrected chi connectivity index (χ1v) is 5.75. The maximum atomic E-state index is 13.6. The van der Waals surface area contributed by atoms with Crippen LogP contribution in [0, 0.1) is 5.82 Å². The van der Waals surface area contributed by atoms with Gasteiger partial charge in [-0.15, -0.1) is 0 Å². The second-order valence-electron chi connectivity index (χ2n) is 4.25. The van der Waals surface area contributed by atoms with Crippen molar-refractivity contribution >= 4 is 10.9 Å². The van der Waals surface area contributed by atoms with E-state index in [4.69, 9.17) is 0 Å². The molecule has 0 saturated carbocycles. The highest BCUT2D eigenvalue weighted by molar-refractivity contribution is 5.80. The van der Waals surface area contributed by atoms with Gasteiger partial charge in [0.2, 0.25) is 0 Å². The third kappa shape index (κ3) is 1.79. The fourth-order valence-electron chi connectivity index (χ4n) is 2.12. The highest BCUT2D eigenvalue weighted by Gasteiger charge is 2.14. The monoisotopic (exact) mass is 241 g/mol. The van der Waals surface area contributed by atoms with Crippen LogP contribution < -0.4 is 0 Å². The second kappa shape index (κ2) is 4.27. The molecular formula is C15H12FNO. The van der Waals surface area contributed by atoms with Crippen LogP contribution in [0.4, 0.5) is 4.39 Å². The smallest absolute Gasteiger partial charge is 0.129 e. The van der Waals surface area contributed by atoms with E-state index in [-0.39, 0.29) is 5.82 Å². The molecule has 90 valence electrons. The molecular weight excluding hydrogens is 229 g/mol. The van der Waals surface area contributed by atoms with Crippen molar-refractivity contribution < 1.29 is 9.50 Å². The molecule has 2 N–H and O–H groups in total. The third-order valence-corrected chi connectivity index (χ3v) is 3.09. The molecule has 0 fully saturated rings. The number of halogens is 1. The van der Waals surface area contributed by atoms with Crippen molar-refractivity contribution in [2.75, 3.05) is 0 Å². The van der Waals surface area contributed by atoms with E-state index in [9.17, 15) is 9.50 Å². The van der Waals surface area contributed by atoms with Crippen LogP contribution in [-0.2, 0) is 0 Å². The number of H-pyrrole nitrogens is 1. The average molecular weight is 241 g/mol. The molecule has 1 aromatic heterocycles. The van der Waals surface area contributed by atoms with E-state index in [0.717, 1.165) is 10.9 Å². The number of aromatic nitrogens is 1. The summed E-state index contributed by atoms with van der Waals surface area (Å²) in [5.74, 6) is -0.390. The molecule has 0 aliphatic heterocycles. The van der Waals surface area contributed by atoms with Crippen LogP contribution in [0.25, 0.3) is 10.9 Å². The highest BCUT2D eigenvalue weighted by atomic mass is 19.1. The summed E-state index contributed by atoms with van der Waals surface area (Å²) in [4.78, 5) is 3.08. The molecule has 0 bridgehead atoms. The van der Waals surface area contributed by atoms with Crippen molar-refractivity contribution in [3.05, 3.63) is 71.7 Å². The Labute approximate surface area is 104 Å². The lowest BCUT2D eigenvalue weighted by Crippen LogP contribution is -2.02. The summed E-state index contributed by atoms with van der Waals surface area (Å²) in [6.45, 7) is 0. The van der Waals surface area contributed by atoms with E-state index in [0.29, 0.717) is 11.1 Å². The number of aliphatic hydroxyl groups excluding tert-OH is 1. The molecule has 0 spiro atoms. The van der Waals surface area contributed by atoms with Gasteiger partial charge in [-0.05, 0) is 35.2 Å². The van der Waals surface area contributed by atoms with Gasteiger partial charge in [0.1, 0.15) is 11.9 Å². The molecule has 0 radical (unpaired) electrons. The van der Waals surface area contributed by atoms with Crippen LogP contribution in [0.15, 0.2) is 54.7 Å². The molecule has 0 saturated heterocycles. The van der Waals surface area contributed by atoms with Crippen LogP contribution in [-0.4, -0.2) is 10.1 Å². The molecule has 1 heterocycles. The molecule has 3 heteroatoms. The SMILES string of the molecule is OC(c1ccc2[nH]ccc2c1)c1ccccc1F. The standard InChI is InChI=1S/C15H12FNO/c16-13-4-2-1-3-12(13)15(18)11-5-6-14-10(9-11)7-8-17-14/h1-9,15,17-18H. The molecule has 3 aromatic rings. The minimum Gasteiger partial charge on any atom is -0.384 e. The van der Waals surface area contributed by atoms with Gasteiger partial charge in [0.05, 0.1) is 0 Å². The van der Waals surface area contributed by atoms with Crippen molar-refractivity contribution in [3.63, 3.8) is 0 Å². The van der Waals surface area contributed by atoms with Gasteiger partial charge in [-0.25, -0.2) is 4.39 Å². The predicted molar refractivity (Wildman–Crippen MR) is 68.8 cm³/mol. The van der Waals surface area contributed by atoms with Gasteiger partial charge in [0.15, 0.2) is 0 Å². The van der Waals surface area contributed by atoms with Crippen LogP contribution in [0.3, 0.4) is 0 Å². The molecule has 1 unspecified atom stereocenters. The first-order chi connectivity index (χ1) is 8.75. The van der Waals surface area contributed by atoms with E-state index >= 15 is 0 Å². The molecule has 1 atom stereocenters. The van der Waals surface area contributed by atoms with E-state index in [1.54, 1.807) is 24.3 Å². The van der Waals surface area contributed by atoms with Crippen LogP contribution in [0.5, 0.6) is 0 Å². The van der Waals surface area contributed by atoms with Gasteiger partial charge >= 0.3 is 0 Å². The minimum absolute atomic E-state index is 0.299. The quantitative estimate of drug-likeness (QED) is 0.708. The fourth-order valence-corrected chi connectivity index (χ4v) is 2.12. The zero-order chi connectivity index (χ0) is 12.5. The summed E-state index contributed by atoms with van der Waals surface area (Å²) in [6.07, 6.45) is 0.898. The summed E-state index contributed by atoms with van der Waals surface area (Å²) in [5.41, 5.74) is 1.99. The topological polar surface area (TPSA) is 36.0 Å². The number of nitrogens with one attached hydrogen (secondary N) is 1. The molecule has 0 aliphatic carbocycles. The van der Waals surface area contributed by atoms with Gasteiger partial charge < -0.3 is 10.1 Å². The third-order valence-electron chi connectivity index (χ3n) is 3.09. The Morgan fingerprint density at radius 2 is 1.89 bits per heavy atom. The van der Waals surface area contributed by atoms with Crippen molar-refractivity contribution in [1.82, 2.24) is 4.98 Å². The Hall–Kier alpha value is -2.13. The lowest BCUT2D eigenvalue weighted by Gasteiger charge is -2.12. The van der Waals surface area contributed by atoms with Crippen LogP contribution in [0.2, 0.25) is 0 Å². The largest absolute Gasteiger partial charge is 0.384 e. The molecule has 18 heavy (non-hydrogen) atoms. The number of aliphatic hydroxyl groups is 1. The maximum absolute atomic E-state index is 13.6. The predicted octanol–water partition coefficient (Wildman–Crippen LogP) is 3.39. The van der Waals surface area contributed by atoms with Gasteiger partial charge in [0, 0.05) is 17.3 Å². The summed E-state index contributed by atoms with van der Waals surface area (Å²) < 4.78 is 13.6. The van der Waals surface area contributed by atoms with Gasteiger partial charge in [-0.2, -0.15) is 0 Å².